The van der Waals surface area contributed by atoms with Crippen molar-refractivity contribution in [2.24, 2.45) is 0 Å². The van der Waals surface area contributed by atoms with Crippen LogP contribution in [0, 0.1) is 0 Å². The van der Waals surface area contributed by atoms with E-state index in [0.29, 0.717) is 13.3 Å². The fourth-order valence-electron chi connectivity index (χ4n) is 2.26. The van der Waals surface area contributed by atoms with E-state index in [1.54, 1.807) is 0 Å². The Bertz CT molecular complexity index is 630. The van der Waals surface area contributed by atoms with E-state index in [9.17, 15) is 0 Å². The highest BCUT2D eigenvalue weighted by Crippen LogP contribution is 2.35. The van der Waals surface area contributed by atoms with Crippen LogP contribution >= 0.6 is 0 Å². The number of hydrogen-bond acceptors (Lipinski definition) is 4. The van der Waals surface area contributed by atoms with E-state index in [-0.39, 0.29) is 5.41 Å². The molecule has 1 aromatic heterocycles. The van der Waals surface area contributed by atoms with Gasteiger partial charge in [0.1, 0.15) is 5.82 Å². The number of pyridine rings is 1. The quantitative estimate of drug-likeness (QED) is 0.933. The van der Waals surface area contributed by atoms with Crippen molar-refractivity contribution < 1.29 is 9.47 Å². The molecule has 0 amide bonds. The molecule has 0 atom stereocenters. The summed E-state index contributed by atoms with van der Waals surface area (Å²) in [5.74, 6) is 2.50. The van der Waals surface area contributed by atoms with Gasteiger partial charge in [-0.2, -0.15) is 0 Å². The second-order valence-corrected chi connectivity index (χ2v) is 6.19. The molecule has 4 heteroatoms. The Morgan fingerprint density at radius 3 is 2.71 bits per heavy atom. The van der Waals surface area contributed by atoms with Crippen LogP contribution in [0.2, 0.25) is 0 Å². The smallest absolute Gasteiger partial charge is 0.231 e. The standard InChI is InChI=1S/C17H20N2O2/c1-17(2,3)13-7-8-15(19-10-13)18-9-12-5-4-6-14-16(12)21-11-20-14/h4-8,10H,9,11H2,1-3H3,(H,18,19). The lowest BCUT2D eigenvalue weighted by molar-refractivity contribution is 0.173. The van der Waals surface area contributed by atoms with Crippen molar-refractivity contribution in [1.29, 1.82) is 0 Å². The Labute approximate surface area is 125 Å². The lowest BCUT2D eigenvalue weighted by atomic mass is 9.88. The van der Waals surface area contributed by atoms with Gasteiger partial charge >= 0.3 is 0 Å². The summed E-state index contributed by atoms with van der Waals surface area (Å²) in [4.78, 5) is 4.47. The number of aromatic nitrogens is 1. The molecule has 4 nitrogen and oxygen atoms in total. The van der Waals surface area contributed by atoms with Crippen molar-refractivity contribution in [3.63, 3.8) is 0 Å². The van der Waals surface area contributed by atoms with Crippen LogP contribution in [-0.2, 0) is 12.0 Å². The van der Waals surface area contributed by atoms with E-state index < -0.39 is 0 Å². The molecule has 1 aliphatic heterocycles. The highest BCUT2D eigenvalue weighted by Gasteiger charge is 2.17. The number of fused-ring (bicyclic) bond motifs is 1. The minimum Gasteiger partial charge on any atom is -0.454 e. The van der Waals surface area contributed by atoms with Crippen LogP contribution in [0.15, 0.2) is 36.5 Å². The van der Waals surface area contributed by atoms with Gasteiger partial charge in [0.25, 0.3) is 0 Å². The van der Waals surface area contributed by atoms with Crippen molar-refractivity contribution in [2.45, 2.75) is 32.7 Å². The molecule has 3 rings (SSSR count). The predicted molar refractivity (Wildman–Crippen MR) is 82.8 cm³/mol. The lowest BCUT2D eigenvalue weighted by Crippen LogP contribution is -2.11. The topological polar surface area (TPSA) is 43.4 Å². The first-order chi connectivity index (χ1) is 10.0. The number of rotatable bonds is 3. The minimum absolute atomic E-state index is 0.122. The van der Waals surface area contributed by atoms with Crippen LogP contribution in [0.3, 0.4) is 0 Å². The molecule has 21 heavy (non-hydrogen) atoms. The summed E-state index contributed by atoms with van der Waals surface area (Å²) < 4.78 is 10.9. The van der Waals surface area contributed by atoms with Crippen LogP contribution in [-0.4, -0.2) is 11.8 Å². The number of ether oxygens (including phenoxy) is 2. The van der Waals surface area contributed by atoms with Crippen LogP contribution in [0.25, 0.3) is 0 Å². The molecule has 0 radical (unpaired) electrons. The predicted octanol–water partition coefficient (Wildman–Crippen LogP) is 3.72. The van der Waals surface area contributed by atoms with Gasteiger partial charge in [0, 0.05) is 18.3 Å². The molecule has 1 aromatic carbocycles. The number of hydrogen-bond donors (Lipinski definition) is 1. The molecule has 0 spiro atoms. The number of anilines is 1. The maximum atomic E-state index is 5.50. The van der Waals surface area contributed by atoms with Crippen molar-refractivity contribution in [2.75, 3.05) is 12.1 Å². The highest BCUT2D eigenvalue weighted by atomic mass is 16.7. The number of para-hydroxylation sites is 1. The third kappa shape index (κ3) is 2.94. The van der Waals surface area contributed by atoms with Crippen molar-refractivity contribution in [3.8, 4) is 11.5 Å². The molecule has 0 saturated heterocycles. The Balaban J connectivity index is 1.70. The first-order valence-corrected chi connectivity index (χ1v) is 7.12. The molecule has 0 unspecified atom stereocenters. The van der Waals surface area contributed by atoms with Gasteiger partial charge in [-0.15, -0.1) is 0 Å². The maximum Gasteiger partial charge on any atom is 0.231 e. The van der Waals surface area contributed by atoms with E-state index in [0.717, 1.165) is 22.9 Å². The monoisotopic (exact) mass is 284 g/mol. The summed E-state index contributed by atoms with van der Waals surface area (Å²) in [7, 11) is 0. The third-order valence-electron chi connectivity index (χ3n) is 3.57. The normalized spacial score (nSPS) is 13.3. The van der Waals surface area contributed by atoms with E-state index in [2.05, 4.69) is 37.1 Å². The van der Waals surface area contributed by atoms with Gasteiger partial charge < -0.3 is 14.8 Å². The van der Waals surface area contributed by atoms with Gasteiger partial charge in [-0.25, -0.2) is 4.98 Å². The summed E-state index contributed by atoms with van der Waals surface area (Å²) in [6, 6.07) is 10.1. The van der Waals surface area contributed by atoms with Crippen molar-refractivity contribution in [3.05, 3.63) is 47.7 Å². The minimum atomic E-state index is 0.122. The molecule has 0 saturated carbocycles. The largest absolute Gasteiger partial charge is 0.454 e. The SMILES string of the molecule is CC(C)(C)c1ccc(NCc2cccc3c2OCO3)nc1. The summed E-state index contributed by atoms with van der Waals surface area (Å²) >= 11 is 0. The fourth-order valence-corrected chi connectivity index (χ4v) is 2.26. The summed E-state index contributed by atoms with van der Waals surface area (Å²) in [5.41, 5.74) is 2.42. The summed E-state index contributed by atoms with van der Waals surface area (Å²) in [5, 5.41) is 3.32. The Morgan fingerprint density at radius 1 is 1.14 bits per heavy atom. The number of nitrogens with one attached hydrogen (secondary N) is 1. The number of benzene rings is 1. The molecule has 110 valence electrons. The van der Waals surface area contributed by atoms with E-state index >= 15 is 0 Å². The first-order valence-electron chi connectivity index (χ1n) is 7.12. The fraction of sp³-hybridized carbons (Fsp3) is 0.353. The average molecular weight is 284 g/mol. The van der Waals surface area contributed by atoms with Crippen LogP contribution < -0.4 is 14.8 Å². The van der Waals surface area contributed by atoms with E-state index in [1.807, 2.05) is 30.5 Å². The van der Waals surface area contributed by atoms with E-state index in [1.165, 1.54) is 5.56 Å². The summed E-state index contributed by atoms with van der Waals surface area (Å²) in [6.07, 6.45) is 1.93. The molecule has 0 aliphatic carbocycles. The Kier molecular flexibility index (Phi) is 3.45. The van der Waals surface area contributed by atoms with Crippen LogP contribution in [0.5, 0.6) is 11.5 Å². The zero-order valence-electron chi connectivity index (χ0n) is 12.6. The van der Waals surface area contributed by atoms with Gasteiger partial charge in [0.15, 0.2) is 11.5 Å². The molecular formula is C17H20N2O2. The van der Waals surface area contributed by atoms with Gasteiger partial charge in [-0.1, -0.05) is 39.0 Å². The zero-order chi connectivity index (χ0) is 14.9. The third-order valence-corrected chi connectivity index (χ3v) is 3.57. The van der Waals surface area contributed by atoms with Gasteiger partial charge in [0.05, 0.1) is 0 Å². The number of nitrogens with zero attached hydrogens (tertiary/aromatic N) is 1. The molecule has 2 aromatic rings. The molecular weight excluding hydrogens is 264 g/mol. The van der Waals surface area contributed by atoms with Gasteiger partial charge in [-0.05, 0) is 23.1 Å². The summed E-state index contributed by atoms with van der Waals surface area (Å²) in [6.45, 7) is 7.50. The van der Waals surface area contributed by atoms with Crippen molar-refractivity contribution in [1.82, 2.24) is 4.98 Å². The second kappa shape index (κ2) is 5.28. The lowest BCUT2D eigenvalue weighted by Gasteiger charge is -2.18. The van der Waals surface area contributed by atoms with E-state index in [4.69, 9.17) is 9.47 Å². The first kappa shape index (κ1) is 13.7. The highest BCUT2D eigenvalue weighted by molar-refractivity contribution is 5.49. The molecule has 2 heterocycles. The van der Waals surface area contributed by atoms with Crippen molar-refractivity contribution >= 4 is 5.82 Å². The maximum absolute atomic E-state index is 5.50. The Morgan fingerprint density at radius 2 is 2.00 bits per heavy atom. The van der Waals surface area contributed by atoms with Gasteiger partial charge in [0.2, 0.25) is 6.79 Å². The average Bonchev–Trinajstić information content (AvgIpc) is 2.93. The Hall–Kier alpha value is -2.23. The van der Waals surface area contributed by atoms with Crippen LogP contribution in [0.4, 0.5) is 5.82 Å². The molecule has 0 fully saturated rings. The molecule has 0 bridgehead atoms. The van der Waals surface area contributed by atoms with Gasteiger partial charge in [-0.3, -0.25) is 0 Å². The second-order valence-electron chi connectivity index (χ2n) is 6.19. The van der Waals surface area contributed by atoms with Crippen LogP contribution in [0.1, 0.15) is 31.9 Å². The molecule has 1 N–H and O–H groups in total. The molecule has 1 aliphatic rings. The zero-order valence-corrected chi connectivity index (χ0v) is 12.6.